The first-order chi connectivity index (χ1) is 6.66. The Kier molecular flexibility index (Phi) is 3.99. The van der Waals surface area contributed by atoms with Gasteiger partial charge in [-0.2, -0.15) is 0 Å². The minimum absolute atomic E-state index is 0.525. The number of benzene rings is 1. The number of unbranched alkanes of at least 4 members (excludes halogenated alkanes) is 1. The highest BCUT2D eigenvalue weighted by molar-refractivity contribution is 5.55. The third-order valence-electron chi connectivity index (χ3n) is 2.65. The highest BCUT2D eigenvalue weighted by Crippen LogP contribution is 2.25. The van der Waals surface area contributed by atoms with Crippen LogP contribution in [0.15, 0.2) is 18.2 Å². The SMILES string of the molecule is CCCCc1cccc(C(C)C)c1N. The van der Waals surface area contributed by atoms with Gasteiger partial charge in [-0.1, -0.05) is 45.4 Å². The van der Waals surface area contributed by atoms with Crippen molar-refractivity contribution >= 4 is 5.69 Å². The van der Waals surface area contributed by atoms with Gasteiger partial charge in [0.2, 0.25) is 0 Å². The Morgan fingerprint density at radius 2 is 2.00 bits per heavy atom. The maximum atomic E-state index is 6.13. The smallest absolute Gasteiger partial charge is 0.0381 e. The number of anilines is 1. The van der Waals surface area contributed by atoms with Crippen molar-refractivity contribution in [3.63, 3.8) is 0 Å². The number of rotatable bonds is 4. The Morgan fingerprint density at radius 1 is 1.29 bits per heavy atom. The molecule has 2 N–H and O–H groups in total. The predicted molar refractivity (Wildman–Crippen MR) is 63.6 cm³/mol. The van der Waals surface area contributed by atoms with Crippen LogP contribution in [0.3, 0.4) is 0 Å². The summed E-state index contributed by atoms with van der Waals surface area (Å²) in [7, 11) is 0. The van der Waals surface area contributed by atoms with Crippen molar-refractivity contribution in [2.24, 2.45) is 0 Å². The molecule has 14 heavy (non-hydrogen) atoms. The van der Waals surface area contributed by atoms with Crippen molar-refractivity contribution in [1.82, 2.24) is 0 Å². The first-order valence-corrected chi connectivity index (χ1v) is 5.54. The molecule has 1 aromatic rings. The van der Waals surface area contributed by atoms with Gasteiger partial charge in [-0.25, -0.2) is 0 Å². The number of hydrogen-bond acceptors (Lipinski definition) is 1. The second-order valence-electron chi connectivity index (χ2n) is 4.18. The molecule has 1 nitrogen and oxygen atoms in total. The Bertz CT molecular complexity index is 289. The van der Waals surface area contributed by atoms with Gasteiger partial charge in [0.05, 0.1) is 0 Å². The second-order valence-corrected chi connectivity index (χ2v) is 4.18. The van der Waals surface area contributed by atoms with Gasteiger partial charge < -0.3 is 5.73 Å². The standard InChI is InChI=1S/C13H21N/c1-4-5-7-11-8-6-9-12(10(2)3)13(11)14/h6,8-10H,4-5,7,14H2,1-3H3. The average molecular weight is 191 g/mol. The molecule has 0 spiro atoms. The molecular weight excluding hydrogens is 170 g/mol. The van der Waals surface area contributed by atoms with E-state index in [0.29, 0.717) is 5.92 Å². The molecule has 0 aliphatic rings. The van der Waals surface area contributed by atoms with Crippen LogP contribution in [-0.4, -0.2) is 0 Å². The molecule has 0 aromatic heterocycles. The van der Waals surface area contributed by atoms with E-state index in [1.165, 1.54) is 24.0 Å². The van der Waals surface area contributed by atoms with E-state index in [1.54, 1.807) is 0 Å². The second kappa shape index (κ2) is 5.04. The van der Waals surface area contributed by atoms with E-state index in [4.69, 9.17) is 5.73 Å². The van der Waals surface area contributed by atoms with E-state index < -0.39 is 0 Å². The molecule has 0 fully saturated rings. The van der Waals surface area contributed by atoms with Crippen molar-refractivity contribution < 1.29 is 0 Å². The molecule has 0 saturated carbocycles. The van der Waals surface area contributed by atoms with Crippen LogP contribution in [0.1, 0.15) is 50.7 Å². The van der Waals surface area contributed by atoms with Gasteiger partial charge in [0.25, 0.3) is 0 Å². The summed E-state index contributed by atoms with van der Waals surface area (Å²) in [6, 6.07) is 6.41. The fourth-order valence-corrected chi connectivity index (χ4v) is 1.72. The van der Waals surface area contributed by atoms with Gasteiger partial charge in [0.1, 0.15) is 0 Å². The summed E-state index contributed by atoms with van der Waals surface area (Å²) in [6.07, 6.45) is 3.57. The Morgan fingerprint density at radius 3 is 2.57 bits per heavy atom. The Labute approximate surface area is 87.3 Å². The summed E-state index contributed by atoms with van der Waals surface area (Å²) in [5.41, 5.74) is 9.74. The summed E-state index contributed by atoms with van der Waals surface area (Å²) < 4.78 is 0. The molecule has 0 saturated heterocycles. The van der Waals surface area contributed by atoms with Crippen molar-refractivity contribution in [1.29, 1.82) is 0 Å². The van der Waals surface area contributed by atoms with Crippen LogP contribution in [0.4, 0.5) is 5.69 Å². The molecule has 0 aliphatic heterocycles. The quantitative estimate of drug-likeness (QED) is 0.721. The van der Waals surface area contributed by atoms with Gasteiger partial charge in [-0.3, -0.25) is 0 Å². The van der Waals surface area contributed by atoms with E-state index >= 15 is 0 Å². The van der Waals surface area contributed by atoms with Gasteiger partial charge in [-0.05, 0) is 29.9 Å². The van der Waals surface area contributed by atoms with Gasteiger partial charge in [0.15, 0.2) is 0 Å². The molecule has 0 aliphatic carbocycles. The van der Waals surface area contributed by atoms with Crippen molar-refractivity contribution in [2.45, 2.75) is 46.0 Å². The molecule has 78 valence electrons. The van der Waals surface area contributed by atoms with Gasteiger partial charge in [-0.15, -0.1) is 0 Å². The highest BCUT2D eigenvalue weighted by atomic mass is 14.6. The van der Waals surface area contributed by atoms with E-state index in [0.717, 1.165) is 12.1 Å². The summed E-state index contributed by atoms with van der Waals surface area (Å²) in [5, 5.41) is 0. The lowest BCUT2D eigenvalue weighted by molar-refractivity contribution is 0.792. The van der Waals surface area contributed by atoms with E-state index in [9.17, 15) is 0 Å². The summed E-state index contributed by atoms with van der Waals surface area (Å²) >= 11 is 0. The van der Waals surface area contributed by atoms with Crippen LogP contribution in [0, 0.1) is 0 Å². The van der Waals surface area contributed by atoms with Crippen LogP contribution < -0.4 is 5.73 Å². The zero-order valence-corrected chi connectivity index (χ0v) is 9.51. The maximum absolute atomic E-state index is 6.13. The van der Waals surface area contributed by atoms with E-state index in [-0.39, 0.29) is 0 Å². The molecule has 0 atom stereocenters. The maximum Gasteiger partial charge on any atom is 0.0381 e. The average Bonchev–Trinajstić information content (AvgIpc) is 2.16. The molecule has 0 unspecified atom stereocenters. The van der Waals surface area contributed by atoms with Crippen molar-refractivity contribution in [2.75, 3.05) is 5.73 Å². The minimum atomic E-state index is 0.525. The number of para-hydroxylation sites is 1. The predicted octanol–water partition coefficient (Wildman–Crippen LogP) is 3.73. The fraction of sp³-hybridized carbons (Fsp3) is 0.538. The van der Waals surface area contributed by atoms with Crippen LogP contribution in [0.2, 0.25) is 0 Å². The van der Waals surface area contributed by atoms with Crippen molar-refractivity contribution in [3.8, 4) is 0 Å². The molecule has 1 heteroatoms. The van der Waals surface area contributed by atoms with E-state index in [2.05, 4.69) is 39.0 Å². The summed E-state index contributed by atoms with van der Waals surface area (Å²) in [6.45, 7) is 6.59. The summed E-state index contributed by atoms with van der Waals surface area (Å²) in [5.74, 6) is 0.525. The Hall–Kier alpha value is -0.980. The lowest BCUT2D eigenvalue weighted by atomic mass is 9.96. The minimum Gasteiger partial charge on any atom is -0.398 e. The zero-order chi connectivity index (χ0) is 10.6. The first kappa shape index (κ1) is 11.1. The lowest BCUT2D eigenvalue weighted by Gasteiger charge is -2.13. The van der Waals surface area contributed by atoms with E-state index in [1.807, 2.05) is 0 Å². The fourth-order valence-electron chi connectivity index (χ4n) is 1.72. The van der Waals surface area contributed by atoms with Crippen LogP contribution >= 0.6 is 0 Å². The summed E-state index contributed by atoms with van der Waals surface area (Å²) in [4.78, 5) is 0. The number of aryl methyl sites for hydroxylation is 1. The molecule has 0 bridgehead atoms. The Balaban J connectivity index is 2.89. The lowest BCUT2D eigenvalue weighted by Crippen LogP contribution is -2.01. The van der Waals surface area contributed by atoms with Crippen LogP contribution in [-0.2, 0) is 6.42 Å². The zero-order valence-electron chi connectivity index (χ0n) is 9.51. The number of nitrogens with two attached hydrogens (primary N) is 1. The highest BCUT2D eigenvalue weighted by Gasteiger charge is 2.06. The molecular formula is C13H21N. The monoisotopic (exact) mass is 191 g/mol. The van der Waals surface area contributed by atoms with Gasteiger partial charge >= 0.3 is 0 Å². The molecule has 0 amide bonds. The molecule has 0 heterocycles. The third kappa shape index (κ3) is 2.50. The molecule has 1 aromatic carbocycles. The topological polar surface area (TPSA) is 26.0 Å². The number of nitrogen functional groups attached to an aromatic ring is 1. The number of hydrogen-bond donors (Lipinski definition) is 1. The van der Waals surface area contributed by atoms with Crippen LogP contribution in [0.5, 0.6) is 0 Å². The van der Waals surface area contributed by atoms with Crippen LogP contribution in [0.25, 0.3) is 0 Å². The van der Waals surface area contributed by atoms with Gasteiger partial charge in [0, 0.05) is 5.69 Å². The third-order valence-corrected chi connectivity index (χ3v) is 2.65. The first-order valence-electron chi connectivity index (χ1n) is 5.54. The molecule has 0 radical (unpaired) electrons. The normalized spacial score (nSPS) is 10.9. The van der Waals surface area contributed by atoms with Crippen molar-refractivity contribution in [3.05, 3.63) is 29.3 Å². The largest absolute Gasteiger partial charge is 0.398 e. The molecule has 1 rings (SSSR count).